The number of non-ortho nitro benzene ring substituents is 1. The Labute approximate surface area is 118 Å². The second-order valence-electron chi connectivity index (χ2n) is 3.99. The first kappa shape index (κ1) is 15.4. The molecule has 0 saturated carbocycles. The number of carboxylic acids is 1. The molecule has 0 bridgehead atoms. The first-order valence-corrected chi connectivity index (χ1v) is 6.57. The van der Waals surface area contributed by atoms with E-state index in [1.807, 2.05) is 6.92 Å². The highest BCUT2D eigenvalue weighted by atomic mass is 79.9. The highest BCUT2D eigenvalue weighted by Gasteiger charge is 2.20. The third-order valence-corrected chi connectivity index (χ3v) is 2.90. The highest BCUT2D eigenvalue weighted by molar-refractivity contribution is 9.10. The van der Waals surface area contributed by atoms with Gasteiger partial charge >= 0.3 is 5.97 Å². The number of nitrogens with zero attached hydrogens (tertiary/aromatic N) is 1. The van der Waals surface area contributed by atoms with E-state index in [-0.39, 0.29) is 11.4 Å². The molecule has 0 aromatic heterocycles. The summed E-state index contributed by atoms with van der Waals surface area (Å²) in [7, 11) is 0. The summed E-state index contributed by atoms with van der Waals surface area (Å²) in [6.07, 6.45) is 0.944. The number of nitro groups is 1. The van der Waals surface area contributed by atoms with E-state index in [1.165, 1.54) is 18.2 Å². The monoisotopic (exact) mass is 331 g/mol. The van der Waals surface area contributed by atoms with Gasteiger partial charge in [0.1, 0.15) is 5.75 Å². The van der Waals surface area contributed by atoms with E-state index in [0.717, 1.165) is 6.42 Å². The van der Waals surface area contributed by atoms with Crippen molar-refractivity contribution in [3.63, 3.8) is 0 Å². The van der Waals surface area contributed by atoms with E-state index in [0.29, 0.717) is 17.3 Å². The molecule has 0 spiro atoms. The minimum absolute atomic E-state index is 0.149. The first-order valence-electron chi connectivity index (χ1n) is 5.78. The zero-order chi connectivity index (χ0) is 14.4. The third kappa shape index (κ3) is 4.86. The van der Waals surface area contributed by atoms with Crippen LogP contribution in [0.15, 0.2) is 22.7 Å². The molecular formula is C12H14BrNO5. The molecule has 1 atom stereocenters. The van der Waals surface area contributed by atoms with Gasteiger partial charge in [0.2, 0.25) is 0 Å². The van der Waals surface area contributed by atoms with Gasteiger partial charge in [-0.15, -0.1) is 0 Å². The summed E-state index contributed by atoms with van der Waals surface area (Å²) in [5.41, 5.74) is -0.149. The molecule has 0 aliphatic heterocycles. The molecule has 19 heavy (non-hydrogen) atoms. The molecule has 1 aromatic carbocycles. The normalized spacial score (nSPS) is 11.9. The molecule has 1 aromatic rings. The first-order chi connectivity index (χ1) is 8.93. The smallest absolute Gasteiger partial charge is 0.344 e. The number of nitro benzene ring substituents is 1. The molecule has 0 aliphatic rings. The summed E-state index contributed by atoms with van der Waals surface area (Å²) >= 11 is 3.13. The Hall–Kier alpha value is -1.63. The van der Waals surface area contributed by atoms with Crippen LogP contribution in [0.5, 0.6) is 5.75 Å². The van der Waals surface area contributed by atoms with Gasteiger partial charge in [0.05, 0.1) is 11.0 Å². The molecule has 0 radical (unpaired) electrons. The Bertz CT molecular complexity index is 477. The lowest BCUT2D eigenvalue weighted by Gasteiger charge is -2.14. The number of rotatable bonds is 7. The molecule has 0 saturated heterocycles. The van der Waals surface area contributed by atoms with Crippen molar-refractivity contribution in [2.24, 2.45) is 0 Å². The summed E-state index contributed by atoms with van der Waals surface area (Å²) in [4.78, 5) is 21.2. The fourth-order valence-corrected chi connectivity index (χ4v) is 1.97. The van der Waals surface area contributed by atoms with Crippen LogP contribution in [0.2, 0.25) is 0 Å². The second-order valence-corrected chi connectivity index (χ2v) is 4.90. The zero-order valence-corrected chi connectivity index (χ0v) is 11.9. The lowest BCUT2D eigenvalue weighted by atomic mass is 10.1. The van der Waals surface area contributed by atoms with Gasteiger partial charge in [0.15, 0.2) is 6.10 Å². The molecule has 104 valence electrons. The van der Waals surface area contributed by atoms with E-state index in [1.54, 1.807) is 0 Å². The van der Waals surface area contributed by atoms with Crippen LogP contribution in [-0.4, -0.2) is 22.1 Å². The van der Waals surface area contributed by atoms with Gasteiger partial charge < -0.3 is 9.84 Å². The Balaban J connectivity index is 2.89. The Morgan fingerprint density at radius 2 is 2.21 bits per heavy atom. The van der Waals surface area contributed by atoms with Crippen LogP contribution in [0, 0.1) is 10.1 Å². The Morgan fingerprint density at radius 3 is 2.74 bits per heavy atom. The SMILES string of the molecule is CCCCC(Oc1cc(Br)cc([N+](=O)[O-])c1)C(=O)O. The van der Waals surface area contributed by atoms with Crippen LogP contribution < -0.4 is 4.74 Å². The molecule has 7 heteroatoms. The molecule has 0 aliphatic carbocycles. The molecule has 6 nitrogen and oxygen atoms in total. The summed E-state index contributed by atoms with van der Waals surface area (Å²) in [5.74, 6) is -0.902. The lowest BCUT2D eigenvalue weighted by molar-refractivity contribution is -0.385. The molecule has 1 unspecified atom stereocenters. The quantitative estimate of drug-likeness (QED) is 0.611. The number of ether oxygens (including phenoxy) is 1. The largest absolute Gasteiger partial charge is 0.479 e. The predicted octanol–water partition coefficient (Wildman–Crippen LogP) is 3.38. The lowest BCUT2D eigenvalue weighted by Crippen LogP contribution is -2.26. The van der Waals surface area contributed by atoms with E-state index >= 15 is 0 Å². The number of benzene rings is 1. The number of halogens is 1. The van der Waals surface area contributed by atoms with Crippen molar-refractivity contribution < 1.29 is 19.6 Å². The molecule has 1 rings (SSSR count). The average Bonchev–Trinajstić information content (AvgIpc) is 2.33. The topological polar surface area (TPSA) is 89.7 Å². The number of carboxylic acid groups (broad SMARTS) is 1. The van der Waals surface area contributed by atoms with Crippen molar-refractivity contribution in [1.82, 2.24) is 0 Å². The Kier molecular flexibility index (Phi) is 5.75. The van der Waals surface area contributed by atoms with Crippen molar-refractivity contribution in [3.8, 4) is 5.75 Å². The van der Waals surface area contributed by atoms with Gasteiger partial charge in [0, 0.05) is 10.5 Å². The van der Waals surface area contributed by atoms with Crippen molar-refractivity contribution >= 4 is 27.6 Å². The number of carbonyl (C=O) groups is 1. The maximum Gasteiger partial charge on any atom is 0.344 e. The van der Waals surface area contributed by atoms with Gasteiger partial charge in [-0.2, -0.15) is 0 Å². The van der Waals surface area contributed by atoms with E-state index in [9.17, 15) is 14.9 Å². The number of hydrogen-bond donors (Lipinski definition) is 1. The zero-order valence-electron chi connectivity index (χ0n) is 10.3. The van der Waals surface area contributed by atoms with Crippen molar-refractivity contribution in [2.75, 3.05) is 0 Å². The van der Waals surface area contributed by atoms with Crippen LogP contribution >= 0.6 is 15.9 Å². The fraction of sp³-hybridized carbons (Fsp3) is 0.417. The van der Waals surface area contributed by atoms with Crippen LogP contribution in [0.4, 0.5) is 5.69 Å². The molecular weight excluding hydrogens is 318 g/mol. The maximum absolute atomic E-state index is 11.0. The third-order valence-electron chi connectivity index (χ3n) is 2.44. The van der Waals surface area contributed by atoms with Crippen LogP contribution in [-0.2, 0) is 4.79 Å². The predicted molar refractivity (Wildman–Crippen MR) is 72.4 cm³/mol. The molecule has 0 heterocycles. The fourth-order valence-electron chi connectivity index (χ4n) is 1.51. The summed E-state index contributed by atoms with van der Waals surface area (Å²) in [6.45, 7) is 1.95. The van der Waals surface area contributed by atoms with E-state index < -0.39 is 17.0 Å². The molecule has 0 amide bonds. The van der Waals surface area contributed by atoms with E-state index in [2.05, 4.69) is 15.9 Å². The summed E-state index contributed by atoms with van der Waals surface area (Å²) in [5, 5.41) is 19.7. The van der Waals surface area contributed by atoms with Gasteiger partial charge in [-0.1, -0.05) is 29.3 Å². The standard InChI is InChI=1S/C12H14BrNO5/c1-2-3-4-11(12(15)16)19-10-6-8(13)5-9(7-10)14(17)18/h5-7,11H,2-4H2,1H3,(H,15,16). The summed E-state index contributed by atoms with van der Waals surface area (Å²) < 4.78 is 5.78. The number of aliphatic carboxylic acids is 1. The number of hydrogen-bond acceptors (Lipinski definition) is 4. The van der Waals surface area contributed by atoms with Gasteiger partial charge in [-0.05, 0) is 18.9 Å². The van der Waals surface area contributed by atoms with Crippen LogP contribution in [0.25, 0.3) is 0 Å². The Morgan fingerprint density at radius 1 is 1.53 bits per heavy atom. The second kappa shape index (κ2) is 7.08. The van der Waals surface area contributed by atoms with Crippen LogP contribution in [0.3, 0.4) is 0 Å². The van der Waals surface area contributed by atoms with Gasteiger partial charge in [0.25, 0.3) is 5.69 Å². The highest BCUT2D eigenvalue weighted by Crippen LogP contribution is 2.27. The average molecular weight is 332 g/mol. The van der Waals surface area contributed by atoms with Gasteiger partial charge in [-0.3, -0.25) is 10.1 Å². The minimum Gasteiger partial charge on any atom is -0.479 e. The van der Waals surface area contributed by atoms with Crippen molar-refractivity contribution in [2.45, 2.75) is 32.3 Å². The van der Waals surface area contributed by atoms with Crippen molar-refractivity contribution in [1.29, 1.82) is 0 Å². The molecule has 0 fully saturated rings. The summed E-state index contributed by atoms with van der Waals surface area (Å²) in [6, 6.07) is 4.05. The van der Waals surface area contributed by atoms with Crippen LogP contribution in [0.1, 0.15) is 26.2 Å². The van der Waals surface area contributed by atoms with Crippen molar-refractivity contribution in [3.05, 3.63) is 32.8 Å². The number of unbranched alkanes of at least 4 members (excludes halogenated alkanes) is 1. The van der Waals surface area contributed by atoms with E-state index in [4.69, 9.17) is 9.84 Å². The maximum atomic E-state index is 11.0. The minimum atomic E-state index is -1.07. The molecule has 1 N–H and O–H groups in total. The van der Waals surface area contributed by atoms with Gasteiger partial charge in [-0.25, -0.2) is 4.79 Å².